The van der Waals surface area contributed by atoms with Crippen molar-refractivity contribution in [1.82, 2.24) is 0 Å². The summed E-state index contributed by atoms with van der Waals surface area (Å²) in [6.45, 7) is 0.342. The van der Waals surface area contributed by atoms with Crippen LogP contribution in [0.4, 0.5) is 5.69 Å². The lowest BCUT2D eigenvalue weighted by atomic mass is 9.77. The first-order chi connectivity index (χ1) is 10.0. The number of ether oxygens (including phenoxy) is 1. The van der Waals surface area contributed by atoms with Gasteiger partial charge in [-0.2, -0.15) is 0 Å². The minimum absolute atomic E-state index is 0.210. The molecule has 6 heteroatoms. The lowest BCUT2D eigenvalue weighted by molar-refractivity contribution is -0.313. The van der Waals surface area contributed by atoms with E-state index >= 15 is 0 Å². The van der Waals surface area contributed by atoms with Crippen molar-refractivity contribution in [2.75, 3.05) is 11.4 Å². The predicted molar refractivity (Wildman–Crippen MR) is 75.2 cm³/mol. The summed E-state index contributed by atoms with van der Waals surface area (Å²) >= 11 is 3.35. The highest BCUT2D eigenvalue weighted by Crippen LogP contribution is 2.52. The number of rotatable bonds is 2. The first-order valence-electron chi connectivity index (χ1n) is 6.67. The summed E-state index contributed by atoms with van der Waals surface area (Å²) in [5, 5.41) is 11.4. The van der Waals surface area contributed by atoms with Gasteiger partial charge >= 0.3 is 0 Å². The Hall–Kier alpha value is -1.66. The summed E-state index contributed by atoms with van der Waals surface area (Å²) in [5.74, 6) is -3.02. The zero-order chi connectivity index (χ0) is 14.8. The molecule has 5 nitrogen and oxygen atoms in total. The molecule has 4 rings (SSSR count). The number of carboxylic acid groups (broad SMARTS) is 1. The minimum Gasteiger partial charge on any atom is -0.550 e. The number of nitrogens with zero attached hydrogens (tertiary/aromatic N) is 1. The molecule has 3 heterocycles. The Balaban J connectivity index is 1.73. The zero-order valence-electron chi connectivity index (χ0n) is 10.9. The van der Waals surface area contributed by atoms with Gasteiger partial charge in [0.15, 0.2) is 0 Å². The van der Waals surface area contributed by atoms with E-state index in [9.17, 15) is 14.7 Å². The topological polar surface area (TPSA) is 69.7 Å². The first-order valence-corrected chi connectivity index (χ1v) is 7.46. The highest BCUT2D eigenvalue weighted by molar-refractivity contribution is 9.10. The van der Waals surface area contributed by atoms with E-state index < -0.39 is 29.5 Å². The van der Waals surface area contributed by atoms with Crippen molar-refractivity contribution >= 4 is 33.5 Å². The minimum atomic E-state index is -1.22. The van der Waals surface area contributed by atoms with Crippen LogP contribution in [0.1, 0.15) is 0 Å². The van der Waals surface area contributed by atoms with Gasteiger partial charge in [-0.3, -0.25) is 4.79 Å². The smallest absolute Gasteiger partial charge is 0.234 e. The van der Waals surface area contributed by atoms with Crippen molar-refractivity contribution in [3.63, 3.8) is 0 Å². The fraction of sp³-hybridized carbons (Fsp3) is 0.333. The van der Waals surface area contributed by atoms with Crippen LogP contribution in [0.25, 0.3) is 0 Å². The number of carbonyl (C=O) groups is 2. The summed E-state index contributed by atoms with van der Waals surface area (Å²) in [4.78, 5) is 25.6. The van der Waals surface area contributed by atoms with Crippen LogP contribution in [-0.4, -0.2) is 30.1 Å². The molecule has 0 unspecified atom stereocenters. The van der Waals surface area contributed by atoms with Gasteiger partial charge in [-0.15, -0.1) is 0 Å². The molecule has 21 heavy (non-hydrogen) atoms. The third-order valence-corrected chi connectivity index (χ3v) is 5.04. The van der Waals surface area contributed by atoms with Crippen LogP contribution in [0.5, 0.6) is 0 Å². The van der Waals surface area contributed by atoms with E-state index in [0.717, 1.165) is 10.2 Å². The van der Waals surface area contributed by atoms with E-state index in [-0.39, 0.29) is 5.91 Å². The Morgan fingerprint density at radius 2 is 2.10 bits per heavy atom. The monoisotopic (exact) mass is 348 g/mol. The zero-order valence-corrected chi connectivity index (χ0v) is 12.4. The molecule has 0 N–H and O–H groups in total. The fourth-order valence-corrected chi connectivity index (χ4v) is 3.87. The highest BCUT2D eigenvalue weighted by atomic mass is 79.9. The van der Waals surface area contributed by atoms with Crippen LogP contribution in [0, 0.1) is 11.8 Å². The van der Waals surface area contributed by atoms with Gasteiger partial charge < -0.3 is 19.5 Å². The van der Waals surface area contributed by atoms with Crippen LogP contribution in [0.3, 0.4) is 0 Å². The molecule has 1 spiro atoms. The second kappa shape index (κ2) is 4.18. The molecule has 1 amide bonds. The molecular formula is C15H11BrNO4-. The second-order valence-electron chi connectivity index (χ2n) is 5.62. The number of benzene rings is 1. The molecule has 0 aromatic heterocycles. The quantitative estimate of drug-likeness (QED) is 0.729. The average molecular weight is 349 g/mol. The van der Waals surface area contributed by atoms with Gasteiger partial charge in [0.25, 0.3) is 0 Å². The largest absolute Gasteiger partial charge is 0.550 e. The Labute approximate surface area is 129 Å². The Kier molecular flexibility index (Phi) is 2.59. The van der Waals surface area contributed by atoms with Gasteiger partial charge in [0.1, 0.15) is 5.60 Å². The van der Waals surface area contributed by atoms with Crippen LogP contribution < -0.4 is 10.0 Å². The first kappa shape index (κ1) is 13.0. The van der Waals surface area contributed by atoms with Gasteiger partial charge in [0, 0.05) is 22.0 Å². The molecule has 0 saturated carbocycles. The van der Waals surface area contributed by atoms with E-state index in [4.69, 9.17) is 4.74 Å². The maximum absolute atomic E-state index is 12.7. The van der Waals surface area contributed by atoms with Crippen molar-refractivity contribution in [2.45, 2.75) is 11.7 Å². The van der Waals surface area contributed by atoms with E-state index in [1.54, 1.807) is 11.0 Å². The predicted octanol–water partition coefficient (Wildman–Crippen LogP) is 0.485. The maximum Gasteiger partial charge on any atom is 0.234 e. The SMILES string of the molecule is O=C([O-])[C@H]1[C@@H]2C=C[C@]3(CN(c4ccc(Br)cc4)C(=O)[C@H]13)O2. The third kappa shape index (κ3) is 1.66. The lowest BCUT2D eigenvalue weighted by Gasteiger charge is -2.24. The Morgan fingerprint density at radius 1 is 1.38 bits per heavy atom. The van der Waals surface area contributed by atoms with Crippen LogP contribution in [0.15, 0.2) is 40.9 Å². The Morgan fingerprint density at radius 3 is 2.76 bits per heavy atom. The van der Waals surface area contributed by atoms with E-state index in [1.807, 2.05) is 30.3 Å². The average Bonchev–Trinajstić information content (AvgIpc) is 3.08. The number of hydrogen-bond acceptors (Lipinski definition) is 4. The van der Waals surface area contributed by atoms with Gasteiger partial charge in [-0.05, 0) is 24.3 Å². The molecule has 2 bridgehead atoms. The number of carboxylic acids is 1. The highest BCUT2D eigenvalue weighted by Gasteiger charge is 2.65. The van der Waals surface area contributed by atoms with Crippen LogP contribution in [-0.2, 0) is 14.3 Å². The number of halogens is 1. The summed E-state index contributed by atoms with van der Waals surface area (Å²) in [5.41, 5.74) is -0.0796. The molecular weight excluding hydrogens is 338 g/mol. The fourth-order valence-electron chi connectivity index (χ4n) is 3.61. The van der Waals surface area contributed by atoms with Crippen molar-refractivity contribution in [3.05, 3.63) is 40.9 Å². The third-order valence-electron chi connectivity index (χ3n) is 4.51. The molecule has 1 aromatic rings. The van der Waals surface area contributed by atoms with Gasteiger partial charge in [0.2, 0.25) is 5.91 Å². The van der Waals surface area contributed by atoms with Gasteiger partial charge in [-0.25, -0.2) is 0 Å². The summed E-state index contributed by atoms with van der Waals surface area (Å²) < 4.78 is 6.72. The summed E-state index contributed by atoms with van der Waals surface area (Å²) in [6, 6.07) is 7.34. The maximum atomic E-state index is 12.7. The standard InChI is InChI=1S/C15H12BrNO4/c16-8-1-3-9(4-2-8)17-7-15-6-5-10(21-15)11(14(19)20)12(15)13(17)18/h1-6,10-12H,7H2,(H,19,20)/p-1/t10-,11-,12-,15+/m0/s1. The Bertz CT molecular complexity index is 671. The number of fused-ring (bicyclic) bond motifs is 1. The number of hydrogen-bond donors (Lipinski definition) is 0. The second-order valence-corrected chi connectivity index (χ2v) is 6.54. The number of aliphatic carboxylic acids is 1. The summed E-state index contributed by atoms with van der Waals surface area (Å²) in [6.07, 6.45) is 3.02. The number of anilines is 1. The van der Waals surface area contributed by atoms with Gasteiger partial charge in [0.05, 0.1) is 18.6 Å². The number of amides is 1. The normalized spacial score (nSPS) is 36.3. The number of carbonyl (C=O) groups excluding carboxylic acids is 2. The molecule has 2 saturated heterocycles. The molecule has 3 aliphatic rings. The van der Waals surface area contributed by atoms with Crippen molar-refractivity contribution in [1.29, 1.82) is 0 Å². The van der Waals surface area contributed by atoms with E-state index in [1.165, 1.54) is 0 Å². The van der Waals surface area contributed by atoms with Crippen LogP contribution >= 0.6 is 15.9 Å². The molecule has 4 atom stereocenters. The summed E-state index contributed by atoms with van der Waals surface area (Å²) in [7, 11) is 0. The van der Waals surface area contributed by atoms with Gasteiger partial charge in [-0.1, -0.05) is 28.1 Å². The molecule has 1 aromatic carbocycles. The van der Waals surface area contributed by atoms with E-state index in [0.29, 0.717) is 6.54 Å². The lowest BCUT2D eigenvalue weighted by Crippen LogP contribution is -2.45. The molecule has 0 radical (unpaired) electrons. The van der Waals surface area contributed by atoms with Crippen molar-refractivity contribution in [2.24, 2.45) is 11.8 Å². The van der Waals surface area contributed by atoms with E-state index in [2.05, 4.69) is 15.9 Å². The molecule has 108 valence electrons. The molecule has 0 aliphatic carbocycles. The van der Waals surface area contributed by atoms with Crippen molar-refractivity contribution in [3.8, 4) is 0 Å². The van der Waals surface area contributed by atoms with Crippen molar-refractivity contribution < 1.29 is 19.4 Å². The molecule has 2 fully saturated rings. The molecule has 3 aliphatic heterocycles. The van der Waals surface area contributed by atoms with Crippen LogP contribution in [0.2, 0.25) is 0 Å².